The van der Waals surface area contributed by atoms with Gasteiger partial charge < -0.3 is 15.9 Å². The van der Waals surface area contributed by atoms with Crippen molar-refractivity contribution in [1.82, 2.24) is 0 Å². The molecule has 0 radical (unpaired) electrons. The summed E-state index contributed by atoms with van der Waals surface area (Å²) < 4.78 is 0. The highest BCUT2D eigenvalue weighted by Gasteiger charge is 2.05. The first-order chi connectivity index (χ1) is 12.0. The fourth-order valence-electron chi connectivity index (χ4n) is 2.66. The van der Waals surface area contributed by atoms with E-state index in [1.54, 1.807) is 13.8 Å². The van der Waals surface area contributed by atoms with E-state index in [4.69, 9.17) is 15.9 Å². The molecule has 0 saturated carbocycles. The average Bonchev–Trinajstić information content (AvgIpc) is 2.58. The Balaban J connectivity index is 0. The minimum atomic E-state index is -0.403. The molecule has 0 fully saturated rings. The van der Waals surface area contributed by atoms with Gasteiger partial charge in [0.25, 0.3) is 0 Å². The molecule has 3 heteroatoms. The first-order valence-corrected chi connectivity index (χ1v) is 11.0. The molecule has 0 saturated heterocycles. The van der Waals surface area contributed by atoms with Crippen LogP contribution in [0.25, 0.3) is 0 Å². The predicted octanol–water partition coefficient (Wildman–Crippen LogP) is 5.96. The van der Waals surface area contributed by atoms with Gasteiger partial charge in [-0.3, -0.25) is 0 Å². The third-order valence-corrected chi connectivity index (χ3v) is 4.42. The Morgan fingerprint density at radius 2 is 0.800 bits per heavy atom. The second-order valence-corrected chi connectivity index (χ2v) is 8.17. The number of aliphatic hydroxyl groups is 2. The van der Waals surface area contributed by atoms with Crippen LogP contribution >= 0.6 is 0 Å². The number of unbranched alkanes of at least 4 members (excludes halogenated alkanes) is 15. The van der Waals surface area contributed by atoms with Gasteiger partial charge in [0, 0.05) is 12.1 Å². The molecule has 0 unspecified atom stereocenters. The van der Waals surface area contributed by atoms with Gasteiger partial charge >= 0.3 is 0 Å². The van der Waals surface area contributed by atoms with E-state index in [1.165, 1.54) is 96.3 Å². The molecule has 0 atom stereocenters. The maximum absolute atomic E-state index is 8.67. The van der Waals surface area contributed by atoms with Gasteiger partial charge in [-0.2, -0.15) is 0 Å². The Labute approximate surface area is 158 Å². The summed E-state index contributed by atoms with van der Waals surface area (Å²) in [6, 6.07) is 0. The molecule has 0 aromatic rings. The average molecular weight is 360 g/mol. The van der Waals surface area contributed by atoms with Gasteiger partial charge in [-0.05, 0) is 20.3 Å². The standard InChI is InChI=1S/C18H38O.C4H11NO/c1-2-3-4-5-6-7-8-9-10-11-12-13-14-15-16-17-18-19;1-4(2,5)3-6/h19H,2-18H2,1H3;6H,3,5H2,1-2H3. The van der Waals surface area contributed by atoms with Crippen molar-refractivity contribution in [2.24, 2.45) is 5.73 Å². The number of hydrogen-bond acceptors (Lipinski definition) is 3. The molecule has 0 spiro atoms. The fraction of sp³-hybridized carbons (Fsp3) is 1.00. The zero-order valence-electron chi connectivity index (χ0n) is 17.7. The highest BCUT2D eigenvalue weighted by molar-refractivity contribution is 4.67. The summed E-state index contributed by atoms with van der Waals surface area (Å²) in [6.45, 7) is 6.25. The lowest BCUT2D eigenvalue weighted by atomic mass is 10.0. The van der Waals surface area contributed by atoms with Crippen LogP contribution in [0.2, 0.25) is 0 Å². The number of nitrogens with two attached hydrogens (primary N) is 1. The Bertz CT molecular complexity index is 211. The molecule has 0 amide bonds. The summed E-state index contributed by atoms with van der Waals surface area (Å²) >= 11 is 0. The molecule has 0 aromatic carbocycles. The van der Waals surface area contributed by atoms with Crippen molar-refractivity contribution in [3.8, 4) is 0 Å². The first kappa shape index (κ1) is 27.1. The molecular weight excluding hydrogens is 310 g/mol. The van der Waals surface area contributed by atoms with Crippen molar-refractivity contribution in [1.29, 1.82) is 0 Å². The maximum Gasteiger partial charge on any atom is 0.0605 e. The number of rotatable bonds is 17. The molecule has 0 aliphatic rings. The van der Waals surface area contributed by atoms with E-state index >= 15 is 0 Å². The van der Waals surface area contributed by atoms with Crippen molar-refractivity contribution >= 4 is 0 Å². The fourth-order valence-corrected chi connectivity index (χ4v) is 2.66. The molecule has 4 N–H and O–H groups in total. The van der Waals surface area contributed by atoms with Crippen LogP contribution in [0.5, 0.6) is 0 Å². The molecule has 25 heavy (non-hydrogen) atoms. The van der Waals surface area contributed by atoms with E-state index in [9.17, 15) is 0 Å². The van der Waals surface area contributed by atoms with Crippen LogP contribution < -0.4 is 5.73 Å². The van der Waals surface area contributed by atoms with E-state index in [0.29, 0.717) is 6.61 Å². The minimum absolute atomic E-state index is 0.0486. The molecule has 154 valence electrons. The minimum Gasteiger partial charge on any atom is -0.396 e. The van der Waals surface area contributed by atoms with Gasteiger partial charge in [0.1, 0.15) is 0 Å². The van der Waals surface area contributed by atoms with Crippen LogP contribution in [0.15, 0.2) is 0 Å². The second-order valence-electron chi connectivity index (χ2n) is 8.17. The van der Waals surface area contributed by atoms with Gasteiger partial charge in [0.05, 0.1) is 6.61 Å². The summed E-state index contributed by atoms with van der Waals surface area (Å²) in [5, 5.41) is 16.9. The first-order valence-electron chi connectivity index (χ1n) is 11.0. The van der Waals surface area contributed by atoms with Crippen molar-refractivity contribution in [2.45, 2.75) is 129 Å². The van der Waals surface area contributed by atoms with Crippen LogP contribution in [-0.2, 0) is 0 Å². The third kappa shape index (κ3) is 32.1. The van der Waals surface area contributed by atoms with Crippen LogP contribution in [0.4, 0.5) is 0 Å². The lowest BCUT2D eigenvalue weighted by Gasteiger charge is -2.12. The lowest BCUT2D eigenvalue weighted by molar-refractivity contribution is 0.221. The van der Waals surface area contributed by atoms with Crippen molar-refractivity contribution in [3.05, 3.63) is 0 Å². The Morgan fingerprint density at radius 3 is 1.00 bits per heavy atom. The van der Waals surface area contributed by atoms with E-state index in [-0.39, 0.29) is 6.61 Å². The van der Waals surface area contributed by atoms with Crippen LogP contribution in [0.1, 0.15) is 124 Å². The quantitative estimate of drug-likeness (QED) is 0.281. The van der Waals surface area contributed by atoms with E-state index in [1.807, 2.05) is 0 Å². The number of aliphatic hydroxyl groups excluding tert-OH is 2. The van der Waals surface area contributed by atoms with Crippen molar-refractivity contribution in [2.75, 3.05) is 13.2 Å². The van der Waals surface area contributed by atoms with Crippen molar-refractivity contribution in [3.63, 3.8) is 0 Å². The van der Waals surface area contributed by atoms with Gasteiger partial charge in [0.2, 0.25) is 0 Å². The Kier molecular flexibility index (Phi) is 23.8. The smallest absolute Gasteiger partial charge is 0.0605 e. The van der Waals surface area contributed by atoms with Gasteiger partial charge in [-0.15, -0.1) is 0 Å². The molecule has 0 aromatic heterocycles. The van der Waals surface area contributed by atoms with E-state index < -0.39 is 5.54 Å². The van der Waals surface area contributed by atoms with Crippen LogP contribution in [0, 0.1) is 0 Å². The van der Waals surface area contributed by atoms with Gasteiger partial charge in [-0.25, -0.2) is 0 Å². The molecule has 3 nitrogen and oxygen atoms in total. The van der Waals surface area contributed by atoms with E-state index in [0.717, 1.165) is 6.42 Å². The Hall–Kier alpha value is -0.120. The summed E-state index contributed by atoms with van der Waals surface area (Å²) in [7, 11) is 0. The zero-order valence-corrected chi connectivity index (χ0v) is 17.7. The zero-order chi connectivity index (χ0) is 19.2. The van der Waals surface area contributed by atoms with Crippen LogP contribution in [-0.4, -0.2) is 29.0 Å². The van der Waals surface area contributed by atoms with Crippen molar-refractivity contribution < 1.29 is 10.2 Å². The van der Waals surface area contributed by atoms with Crippen LogP contribution in [0.3, 0.4) is 0 Å². The molecule has 0 bridgehead atoms. The summed E-state index contributed by atoms with van der Waals surface area (Å²) in [4.78, 5) is 0. The summed E-state index contributed by atoms with van der Waals surface area (Å²) in [5.41, 5.74) is 4.88. The third-order valence-electron chi connectivity index (χ3n) is 4.42. The van der Waals surface area contributed by atoms with Gasteiger partial charge in [0.15, 0.2) is 0 Å². The number of hydrogen-bond donors (Lipinski definition) is 3. The topological polar surface area (TPSA) is 66.5 Å². The highest BCUT2D eigenvalue weighted by atomic mass is 16.3. The predicted molar refractivity (Wildman–Crippen MR) is 112 cm³/mol. The van der Waals surface area contributed by atoms with Gasteiger partial charge in [-0.1, -0.05) is 103 Å². The molecule has 0 heterocycles. The largest absolute Gasteiger partial charge is 0.396 e. The lowest BCUT2D eigenvalue weighted by Crippen LogP contribution is -2.35. The normalized spacial score (nSPS) is 11.3. The second kappa shape index (κ2) is 21.9. The molecule has 0 rings (SSSR count). The molecule has 0 aliphatic heterocycles. The summed E-state index contributed by atoms with van der Waals surface area (Å²) in [6.07, 6.45) is 22.2. The summed E-state index contributed by atoms with van der Waals surface area (Å²) in [5.74, 6) is 0. The molecular formula is C22H49NO2. The Morgan fingerprint density at radius 1 is 0.560 bits per heavy atom. The monoisotopic (exact) mass is 359 g/mol. The highest BCUT2D eigenvalue weighted by Crippen LogP contribution is 2.13. The SMILES string of the molecule is CC(C)(N)CO.CCCCCCCCCCCCCCCCCCO. The maximum atomic E-state index is 8.67. The van der Waals surface area contributed by atoms with E-state index in [2.05, 4.69) is 6.92 Å². The molecule has 0 aliphatic carbocycles.